The van der Waals surface area contributed by atoms with Crippen LogP contribution in [-0.2, 0) is 6.54 Å². The van der Waals surface area contributed by atoms with Crippen LogP contribution in [0.3, 0.4) is 0 Å². The van der Waals surface area contributed by atoms with Crippen LogP contribution in [0.1, 0.15) is 12.5 Å². The number of hydrogen-bond donors (Lipinski definition) is 1. The summed E-state index contributed by atoms with van der Waals surface area (Å²) in [6, 6.07) is 5.85. The van der Waals surface area contributed by atoms with Crippen molar-refractivity contribution >= 4 is 11.6 Å². The molecule has 2 rings (SSSR count). The molecule has 0 saturated carbocycles. The fraction of sp³-hybridized carbons (Fsp3) is 0.231. The number of benzene rings is 1. The molecule has 1 heterocycles. The van der Waals surface area contributed by atoms with Gasteiger partial charge in [0.1, 0.15) is 0 Å². The predicted molar refractivity (Wildman–Crippen MR) is 69.9 cm³/mol. The molecule has 3 nitrogen and oxygen atoms in total. The van der Waals surface area contributed by atoms with Crippen LogP contribution < -0.4 is 5.32 Å². The average molecular weight is 248 g/mol. The minimum Gasteiger partial charge on any atom is -0.313 e. The molecule has 4 heteroatoms. The van der Waals surface area contributed by atoms with Crippen molar-refractivity contribution in [1.29, 1.82) is 0 Å². The number of aromatic nitrogens is 2. The van der Waals surface area contributed by atoms with Gasteiger partial charge < -0.3 is 5.32 Å². The highest BCUT2D eigenvalue weighted by Crippen LogP contribution is 2.24. The zero-order valence-corrected chi connectivity index (χ0v) is 10.4. The summed E-state index contributed by atoms with van der Waals surface area (Å²) in [6.07, 6.45) is 5.10. The Morgan fingerprint density at radius 1 is 1.29 bits per heavy atom. The number of rotatable bonds is 4. The van der Waals surface area contributed by atoms with E-state index in [-0.39, 0.29) is 0 Å². The van der Waals surface area contributed by atoms with Gasteiger partial charge >= 0.3 is 0 Å². The summed E-state index contributed by atoms with van der Waals surface area (Å²) in [5, 5.41) is 4.02. The first-order valence-electron chi connectivity index (χ1n) is 5.56. The van der Waals surface area contributed by atoms with E-state index in [1.54, 1.807) is 18.6 Å². The van der Waals surface area contributed by atoms with Gasteiger partial charge in [-0.25, -0.2) is 0 Å². The van der Waals surface area contributed by atoms with Gasteiger partial charge in [0.2, 0.25) is 0 Å². The lowest BCUT2D eigenvalue weighted by molar-refractivity contribution is 0.727. The topological polar surface area (TPSA) is 37.8 Å². The van der Waals surface area contributed by atoms with E-state index in [9.17, 15) is 0 Å². The number of hydrogen-bond acceptors (Lipinski definition) is 3. The van der Waals surface area contributed by atoms with Gasteiger partial charge in [-0.2, -0.15) is 0 Å². The highest BCUT2D eigenvalue weighted by Gasteiger charge is 2.06. The normalized spacial score (nSPS) is 10.5. The van der Waals surface area contributed by atoms with Crippen molar-refractivity contribution in [3.05, 3.63) is 47.4 Å². The maximum absolute atomic E-state index is 6.03. The lowest BCUT2D eigenvalue weighted by Gasteiger charge is -2.09. The Morgan fingerprint density at radius 3 is 2.88 bits per heavy atom. The molecule has 88 valence electrons. The van der Waals surface area contributed by atoms with Crippen LogP contribution >= 0.6 is 11.6 Å². The van der Waals surface area contributed by atoms with Crippen molar-refractivity contribution in [3.8, 4) is 11.3 Å². The molecular formula is C13H14ClN3. The molecule has 1 N–H and O–H groups in total. The van der Waals surface area contributed by atoms with Crippen molar-refractivity contribution < 1.29 is 0 Å². The molecule has 2 aromatic rings. The minimum absolute atomic E-state index is 0.714. The van der Waals surface area contributed by atoms with E-state index in [1.807, 2.05) is 18.2 Å². The smallest absolute Gasteiger partial charge is 0.0888 e. The molecule has 0 unspecified atom stereocenters. The molecule has 0 fully saturated rings. The molecule has 0 aliphatic heterocycles. The zero-order valence-electron chi connectivity index (χ0n) is 9.65. The van der Waals surface area contributed by atoms with Crippen LogP contribution in [0, 0.1) is 0 Å². The molecule has 0 atom stereocenters. The third-order valence-electron chi connectivity index (χ3n) is 2.48. The Kier molecular flexibility index (Phi) is 4.07. The van der Waals surface area contributed by atoms with Crippen molar-refractivity contribution in [2.24, 2.45) is 0 Å². The summed E-state index contributed by atoms with van der Waals surface area (Å²) in [5.41, 5.74) is 3.06. The lowest BCUT2D eigenvalue weighted by Crippen LogP contribution is -2.12. The molecule has 17 heavy (non-hydrogen) atoms. The summed E-state index contributed by atoms with van der Waals surface area (Å²) in [4.78, 5) is 8.40. The summed E-state index contributed by atoms with van der Waals surface area (Å²) in [7, 11) is 0. The van der Waals surface area contributed by atoms with Gasteiger partial charge in [0, 0.05) is 29.5 Å². The fourth-order valence-electron chi connectivity index (χ4n) is 1.64. The van der Waals surface area contributed by atoms with Crippen molar-refractivity contribution in [2.75, 3.05) is 6.54 Å². The Balaban J connectivity index is 2.40. The van der Waals surface area contributed by atoms with Gasteiger partial charge in [0.05, 0.1) is 11.9 Å². The van der Waals surface area contributed by atoms with E-state index in [0.29, 0.717) is 5.02 Å². The molecular weight excluding hydrogens is 234 g/mol. The molecule has 0 amide bonds. The van der Waals surface area contributed by atoms with Gasteiger partial charge in [-0.1, -0.05) is 24.6 Å². The summed E-state index contributed by atoms with van der Waals surface area (Å²) in [6.45, 7) is 3.82. The highest BCUT2D eigenvalue weighted by molar-refractivity contribution is 6.30. The summed E-state index contributed by atoms with van der Waals surface area (Å²) in [5.74, 6) is 0. The monoisotopic (exact) mass is 247 g/mol. The molecule has 0 bridgehead atoms. The fourth-order valence-corrected chi connectivity index (χ4v) is 1.81. The molecule has 1 aromatic carbocycles. The Bertz CT molecular complexity index is 485. The van der Waals surface area contributed by atoms with Gasteiger partial charge in [-0.15, -0.1) is 0 Å². The Labute approximate surface area is 106 Å². The molecule has 1 aromatic heterocycles. The van der Waals surface area contributed by atoms with Crippen molar-refractivity contribution in [2.45, 2.75) is 13.5 Å². The second-order valence-corrected chi connectivity index (χ2v) is 4.11. The van der Waals surface area contributed by atoms with E-state index < -0.39 is 0 Å². The zero-order chi connectivity index (χ0) is 12.1. The van der Waals surface area contributed by atoms with Crippen LogP contribution in [-0.4, -0.2) is 16.5 Å². The maximum Gasteiger partial charge on any atom is 0.0888 e. The first kappa shape index (κ1) is 12.0. The summed E-state index contributed by atoms with van der Waals surface area (Å²) < 4.78 is 0. The second kappa shape index (κ2) is 5.75. The maximum atomic E-state index is 6.03. The van der Waals surface area contributed by atoms with Crippen LogP contribution in [0.25, 0.3) is 11.3 Å². The van der Waals surface area contributed by atoms with E-state index in [1.165, 1.54) is 5.56 Å². The van der Waals surface area contributed by atoms with E-state index in [4.69, 9.17) is 11.6 Å². The number of halogens is 1. The second-order valence-electron chi connectivity index (χ2n) is 3.67. The Hall–Kier alpha value is -1.45. The average Bonchev–Trinajstić information content (AvgIpc) is 2.38. The Morgan fingerprint density at radius 2 is 2.18 bits per heavy atom. The van der Waals surface area contributed by atoms with Gasteiger partial charge in [-0.05, 0) is 24.2 Å². The van der Waals surface area contributed by atoms with Gasteiger partial charge in [0.15, 0.2) is 0 Å². The minimum atomic E-state index is 0.714. The first-order valence-corrected chi connectivity index (χ1v) is 5.94. The number of nitrogens with zero attached hydrogens (tertiary/aromatic N) is 2. The van der Waals surface area contributed by atoms with Crippen LogP contribution in [0.5, 0.6) is 0 Å². The first-order chi connectivity index (χ1) is 8.31. The van der Waals surface area contributed by atoms with Crippen LogP contribution in [0.2, 0.25) is 5.02 Å². The largest absolute Gasteiger partial charge is 0.313 e. The lowest BCUT2D eigenvalue weighted by atomic mass is 10.0. The van der Waals surface area contributed by atoms with Gasteiger partial charge in [0.25, 0.3) is 0 Å². The molecule has 0 radical (unpaired) electrons. The molecule has 0 aliphatic carbocycles. The van der Waals surface area contributed by atoms with Crippen molar-refractivity contribution in [3.63, 3.8) is 0 Å². The van der Waals surface area contributed by atoms with Crippen LogP contribution in [0.15, 0.2) is 36.8 Å². The SMILES string of the molecule is CCNCc1ccc(Cl)cc1-c1cnccn1. The quantitative estimate of drug-likeness (QED) is 0.903. The van der Waals surface area contributed by atoms with Crippen LogP contribution in [0.4, 0.5) is 0 Å². The third kappa shape index (κ3) is 3.02. The molecule has 0 spiro atoms. The summed E-state index contributed by atoms with van der Waals surface area (Å²) >= 11 is 6.03. The predicted octanol–water partition coefficient (Wildman–Crippen LogP) is 2.91. The highest BCUT2D eigenvalue weighted by atomic mass is 35.5. The van der Waals surface area contributed by atoms with Gasteiger partial charge in [-0.3, -0.25) is 9.97 Å². The molecule has 0 saturated heterocycles. The third-order valence-corrected chi connectivity index (χ3v) is 2.71. The van der Waals surface area contributed by atoms with Crippen molar-refractivity contribution in [1.82, 2.24) is 15.3 Å². The van der Waals surface area contributed by atoms with E-state index in [2.05, 4.69) is 22.2 Å². The number of nitrogens with one attached hydrogen (secondary N) is 1. The van der Waals surface area contributed by atoms with E-state index in [0.717, 1.165) is 24.3 Å². The standard InChI is InChI=1S/C13H14ClN3/c1-2-15-8-10-3-4-11(14)7-12(10)13-9-16-5-6-17-13/h3-7,9,15H,2,8H2,1H3. The van der Waals surface area contributed by atoms with E-state index >= 15 is 0 Å². The molecule has 0 aliphatic rings.